The molecule has 1 atom stereocenters. The zero-order valence-corrected chi connectivity index (χ0v) is 9.82. The van der Waals surface area contributed by atoms with Gasteiger partial charge in [-0.05, 0) is 25.5 Å². The van der Waals surface area contributed by atoms with Gasteiger partial charge in [0, 0.05) is 19.0 Å². The summed E-state index contributed by atoms with van der Waals surface area (Å²) in [6.07, 6.45) is 3.71. The summed E-state index contributed by atoms with van der Waals surface area (Å²) in [4.78, 5) is 0. The smallest absolute Gasteiger partial charge is 0.103 e. The Balaban J connectivity index is 1.96. The first kappa shape index (κ1) is 13.2. The van der Waals surface area contributed by atoms with Gasteiger partial charge in [0.2, 0.25) is 0 Å². The van der Waals surface area contributed by atoms with E-state index in [4.69, 9.17) is 14.3 Å². The fourth-order valence-corrected chi connectivity index (χ4v) is 1.46. The van der Waals surface area contributed by atoms with Crippen molar-refractivity contribution in [2.24, 2.45) is 0 Å². The van der Waals surface area contributed by atoms with Crippen LogP contribution in [0.25, 0.3) is 0 Å². The van der Waals surface area contributed by atoms with Crippen LogP contribution in [0, 0.1) is 0 Å². The lowest BCUT2D eigenvalue weighted by atomic mass is 10.1. The van der Waals surface area contributed by atoms with Crippen LogP contribution >= 0.6 is 0 Å². The standard InChI is InChI=1S/C12H21NO3/c1-11(13-6-9-15-10-7-14)4-5-12-3-2-8-16-12/h2-3,8,11,13-14H,4-7,9-10H2,1H3. The molecule has 0 bridgehead atoms. The molecule has 1 heterocycles. The molecule has 0 radical (unpaired) electrons. The van der Waals surface area contributed by atoms with Crippen LogP contribution in [-0.4, -0.2) is 37.5 Å². The third kappa shape index (κ3) is 5.90. The molecule has 0 saturated heterocycles. The Morgan fingerprint density at radius 3 is 3.06 bits per heavy atom. The second-order valence-corrected chi connectivity index (χ2v) is 3.81. The second-order valence-electron chi connectivity index (χ2n) is 3.81. The molecule has 92 valence electrons. The molecule has 1 aromatic heterocycles. The first-order chi connectivity index (χ1) is 7.83. The average Bonchev–Trinajstić information content (AvgIpc) is 2.79. The molecule has 1 aromatic rings. The maximum atomic E-state index is 8.51. The van der Waals surface area contributed by atoms with Gasteiger partial charge in [-0.3, -0.25) is 0 Å². The third-order valence-electron chi connectivity index (χ3n) is 2.38. The van der Waals surface area contributed by atoms with Crippen molar-refractivity contribution in [2.45, 2.75) is 25.8 Å². The van der Waals surface area contributed by atoms with Gasteiger partial charge < -0.3 is 19.6 Å². The van der Waals surface area contributed by atoms with Crippen molar-refractivity contribution in [3.63, 3.8) is 0 Å². The van der Waals surface area contributed by atoms with Crippen LogP contribution in [0.1, 0.15) is 19.1 Å². The summed E-state index contributed by atoms with van der Waals surface area (Å²) >= 11 is 0. The van der Waals surface area contributed by atoms with E-state index in [-0.39, 0.29) is 6.61 Å². The minimum absolute atomic E-state index is 0.0913. The molecule has 0 aliphatic rings. The van der Waals surface area contributed by atoms with Gasteiger partial charge >= 0.3 is 0 Å². The van der Waals surface area contributed by atoms with Crippen molar-refractivity contribution in [1.82, 2.24) is 5.32 Å². The normalized spacial score (nSPS) is 12.9. The van der Waals surface area contributed by atoms with E-state index in [1.54, 1.807) is 6.26 Å². The lowest BCUT2D eigenvalue weighted by molar-refractivity contribution is 0.0927. The molecule has 0 aliphatic carbocycles. The van der Waals surface area contributed by atoms with Crippen LogP contribution in [0.15, 0.2) is 22.8 Å². The minimum Gasteiger partial charge on any atom is -0.469 e. The number of rotatable bonds is 9. The van der Waals surface area contributed by atoms with Crippen molar-refractivity contribution in [1.29, 1.82) is 0 Å². The summed E-state index contributed by atoms with van der Waals surface area (Å²) in [5.41, 5.74) is 0. The number of hydrogen-bond acceptors (Lipinski definition) is 4. The molecule has 0 spiro atoms. The van der Waals surface area contributed by atoms with Gasteiger partial charge in [-0.25, -0.2) is 0 Å². The molecule has 4 heteroatoms. The number of furan rings is 1. The molecule has 0 aromatic carbocycles. The van der Waals surface area contributed by atoms with E-state index in [2.05, 4.69) is 12.2 Å². The second kappa shape index (κ2) is 8.33. The molecule has 0 fully saturated rings. The highest BCUT2D eigenvalue weighted by atomic mass is 16.5. The number of aliphatic hydroxyl groups is 1. The van der Waals surface area contributed by atoms with E-state index in [1.807, 2.05) is 12.1 Å². The van der Waals surface area contributed by atoms with Crippen LogP contribution in [0.5, 0.6) is 0 Å². The lowest BCUT2D eigenvalue weighted by Gasteiger charge is -2.12. The molecule has 4 nitrogen and oxygen atoms in total. The average molecular weight is 227 g/mol. The van der Waals surface area contributed by atoms with Crippen LogP contribution < -0.4 is 5.32 Å². The summed E-state index contributed by atoms with van der Waals surface area (Å²) in [6, 6.07) is 4.36. The van der Waals surface area contributed by atoms with Gasteiger partial charge in [0.25, 0.3) is 0 Å². The van der Waals surface area contributed by atoms with E-state index in [1.165, 1.54) is 0 Å². The number of aliphatic hydroxyl groups excluding tert-OH is 1. The molecule has 16 heavy (non-hydrogen) atoms. The Hall–Kier alpha value is -0.840. The molecular formula is C12H21NO3. The van der Waals surface area contributed by atoms with Crippen LogP contribution in [-0.2, 0) is 11.2 Å². The first-order valence-corrected chi connectivity index (χ1v) is 5.77. The highest BCUT2D eigenvalue weighted by Crippen LogP contribution is 2.05. The molecule has 0 amide bonds. The monoisotopic (exact) mass is 227 g/mol. The topological polar surface area (TPSA) is 54.6 Å². The van der Waals surface area contributed by atoms with Crippen molar-refractivity contribution >= 4 is 0 Å². The zero-order chi connectivity index (χ0) is 11.6. The van der Waals surface area contributed by atoms with Crippen LogP contribution in [0.2, 0.25) is 0 Å². The van der Waals surface area contributed by atoms with Crippen molar-refractivity contribution < 1.29 is 14.3 Å². The zero-order valence-electron chi connectivity index (χ0n) is 9.82. The van der Waals surface area contributed by atoms with Gasteiger partial charge in [0.1, 0.15) is 5.76 Å². The van der Waals surface area contributed by atoms with Crippen LogP contribution in [0.4, 0.5) is 0 Å². The summed E-state index contributed by atoms with van der Waals surface area (Å²) in [7, 11) is 0. The Morgan fingerprint density at radius 2 is 2.38 bits per heavy atom. The minimum atomic E-state index is 0.0913. The van der Waals surface area contributed by atoms with E-state index < -0.39 is 0 Å². The highest BCUT2D eigenvalue weighted by Gasteiger charge is 2.02. The summed E-state index contributed by atoms with van der Waals surface area (Å²) in [6.45, 7) is 4.12. The van der Waals surface area contributed by atoms with Crippen LogP contribution in [0.3, 0.4) is 0 Å². The van der Waals surface area contributed by atoms with Crippen molar-refractivity contribution in [2.75, 3.05) is 26.4 Å². The number of hydrogen-bond donors (Lipinski definition) is 2. The van der Waals surface area contributed by atoms with E-state index in [9.17, 15) is 0 Å². The first-order valence-electron chi connectivity index (χ1n) is 5.77. The van der Waals surface area contributed by atoms with Gasteiger partial charge in [-0.15, -0.1) is 0 Å². The lowest BCUT2D eigenvalue weighted by Crippen LogP contribution is -2.30. The van der Waals surface area contributed by atoms with Crippen molar-refractivity contribution in [3.05, 3.63) is 24.2 Å². The Labute approximate surface area is 96.6 Å². The predicted molar refractivity (Wildman–Crippen MR) is 62.4 cm³/mol. The maximum Gasteiger partial charge on any atom is 0.103 e. The third-order valence-corrected chi connectivity index (χ3v) is 2.38. The number of nitrogens with one attached hydrogen (secondary N) is 1. The Kier molecular flexibility index (Phi) is 6.88. The largest absolute Gasteiger partial charge is 0.469 e. The summed E-state index contributed by atoms with van der Waals surface area (Å²) in [5.74, 6) is 1.03. The van der Waals surface area contributed by atoms with Gasteiger partial charge in [-0.2, -0.15) is 0 Å². The Morgan fingerprint density at radius 1 is 1.50 bits per heavy atom. The van der Waals surface area contributed by atoms with Gasteiger partial charge in [0.05, 0.1) is 26.1 Å². The Bertz CT molecular complexity index is 249. The molecule has 0 saturated carbocycles. The summed E-state index contributed by atoms with van der Waals surface area (Å²) < 4.78 is 10.4. The van der Waals surface area contributed by atoms with E-state index in [0.29, 0.717) is 19.3 Å². The molecule has 0 aliphatic heterocycles. The van der Waals surface area contributed by atoms with E-state index >= 15 is 0 Å². The van der Waals surface area contributed by atoms with Gasteiger partial charge in [0.15, 0.2) is 0 Å². The van der Waals surface area contributed by atoms with Crippen molar-refractivity contribution in [3.8, 4) is 0 Å². The predicted octanol–water partition coefficient (Wildman–Crippen LogP) is 1.20. The quantitative estimate of drug-likeness (QED) is 0.622. The van der Waals surface area contributed by atoms with E-state index in [0.717, 1.165) is 25.1 Å². The molecule has 2 N–H and O–H groups in total. The highest BCUT2D eigenvalue weighted by molar-refractivity contribution is 4.98. The SMILES string of the molecule is CC(CCc1ccco1)NCCOCCO. The fourth-order valence-electron chi connectivity index (χ4n) is 1.46. The van der Waals surface area contributed by atoms with Gasteiger partial charge in [-0.1, -0.05) is 0 Å². The molecule has 1 unspecified atom stereocenters. The summed E-state index contributed by atoms with van der Waals surface area (Å²) in [5, 5.41) is 11.9. The molecular weight excluding hydrogens is 206 g/mol. The number of ether oxygens (including phenoxy) is 1. The maximum absolute atomic E-state index is 8.51. The molecule has 1 rings (SSSR count). The fraction of sp³-hybridized carbons (Fsp3) is 0.667. The number of aryl methyl sites for hydroxylation is 1.